The average Bonchev–Trinajstić information content (AvgIpc) is 3.07. The van der Waals surface area contributed by atoms with Crippen LogP contribution in [0.1, 0.15) is 50.2 Å². The van der Waals surface area contributed by atoms with E-state index in [-0.39, 0.29) is 0 Å². The lowest BCUT2D eigenvalue weighted by Crippen LogP contribution is -2.35. The van der Waals surface area contributed by atoms with Crippen molar-refractivity contribution < 1.29 is 0 Å². The molecule has 0 unspecified atom stereocenters. The second-order valence-electron chi connectivity index (χ2n) is 5.84. The molecule has 0 aromatic carbocycles. The van der Waals surface area contributed by atoms with E-state index >= 15 is 0 Å². The van der Waals surface area contributed by atoms with Crippen LogP contribution in [-0.2, 0) is 19.5 Å². The first-order chi connectivity index (χ1) is 9.33. The zero-order chi connectivity index (χ0) is 13.1. The van der Waals surface area contributed by atoms with Gasteiger partial charge in [-0.1, -0.05) is 12.8 Å². The molecule has 1 fully saturated rings. The van der Waals surface area contributed by atoms with Crippen LogP contribution < -0.4 is 5.32 Å². The molecule has 1 N–H and O–H groups in total. The molecule has 2 heterocycles. The quantitative estimate of drug-likeness (QED) is 0.899. The molecule has 0 spiro atoms. The second kappa shape index (κ2) is 5.83. The van der Waals surface area contributed by atoms with Crippen molar-refractivity contribution in [1.82, 2.24) is 20.1 Å². The highest BCUT2D eigenvalue weighted by Crippen LogP contribution is 2.39. The van der Waals surface area contributed by atoms with E-state index in [0.717, 1.165) is 31.9 Å². The molecule has 1 saturated carbocycles. The molecular weight excluding hydrogens is 256 g/mol. The number of hydrogen-bond donors (Lipinski definition) is 1. The van der Waals surface area contributed by atoms with Crippen molar-refractivity contribution in [2.45, 2.75) is 62.8 Å². The molecule has 2 aliphatic rings. The van der Waals surface area contributed by atoms with Crippen LogP contribution in [0.2, 0.25) is 0 Å². The summed E-state index contributed by atoms with van der Waals surface area (Å²) in [6.07, 6.45) is 11.4. The van der Waals surface area contributed by atoms with Crippen molar-refractivity contribution in [3.8, 4) is 0 Å². The summed E-state index contributed by atoms with van der Waals surface area (Å²) in [6, 6.07) is 0. The van der Waals surface area contributed by atoms with Crippen LogP contribution in [-0.4, -0.2) is 32.3 Å². The summed E-state index contributed by atoms with van der Waals surface area (Å²) in [6.45, 7) is 3.08. The lowest BCUT2D eigenvalue weighted by Gasteiger charge is -2.27. The lowest BCUT2D eigenvalue weighted by molar-refractivity contribution is 0.482. The minimum Gasteiger partial charge on any atom is -0.314 e. The number of hydrogen-bond acceptors (Lipinski definition) is 4. The highest BCUT2D eigenvalue weighted by molar-refractivity contribution is 8.00. The van der Waals surface area contributed by atoms with Crippen LogP contribution in [0.5, 0.6) is 0 Å². The number of aromatic nitrogens is 3. The van der Waals surface area contributed by atoms with Crippen molar-refractivity contribution in [2.24, 2.45) is 0 Å². The Hall–Kier alpha value is -0.550. The number of thioether (sulfide) groups is 1. The smallest absolute Gasteiger partial charge is 0.147 e. The highest BCUT2D eigenvalue weighted by atomic mass is 32.2. The third-order valence-corrected chi connectivity index (χ3v) is 6.03. The first-order valence-electron chi connectivity index (χ1n) is 7.50. The Kier molecular flexibility index (Phi) is 4.12. The summed E-state index contributed by atoms with van der Waals surface area (Å²) in [5, 5.41) is 12.3. The zero-order valence-electron chi connectivity index (χ0n) is 11.8. The summed E-state index contributed by atoms with van der Waals surface area (Å²) in [5.74, 6) is 2.31. The third-order valence-electron chi connectivity index (χ3n) is 4.61. The second-order valence-corrected chi connectivity index (χ2v) is 7.11. The SMILES string of the molecule is CSC1(CNCc2nnc3n2CCCC3)CCCC1. The van der Waals surface area contributed by atoms with Gasteiger partial charge >= 0.3 is 0 Å². The van der Waals surface area contributed by atoms with Crippen LogP contribution in [0.4, 0.5) is 0 Å². The van der Waals surface area contributed by atoms with E-state index in [0.29, 0.717) is 4.75 Å². The first kappa shape index (κ1) is 13.4. The minimum atomic E-state index is 0.477. The molecule has 19 heavy (non-hydrogen) atoms. The summed E-state index contributed by atoms with van der Waals surface area (Å²) >= 11 is 2.04. The fourth-order valence-electron chi connectivity index (χ4n) is 3.37. The summed E-state index contributed by atoms with van der Waals surface area (Å²) in [4.78, 5) is 0. The molecule has 4 nitrogen and oxygen atoms in total. The topological polar surface area (TPSA) is 42.7 Å². The van der Waals surface area contributed by atoms with Crippen molar-refractivity contribution in [3.05, 3.63) is 11.6 Å². The number of aryl methyl sites for hydroxylation is 1. The van der Waals surface area contributed by atoms with Crippen molar-refractivity contribution in [2.75, 3.05) is 12.8 Å². The molecule has 3 rings (SSSR count). The molecule has 0 atom stereocenters. The van der Waals surface area contributed by atoms with Gasteiger partial charge in [0.05, 0.1) is 6.54 Å². The van der Waals surface area contributed by atoms with E-state index in [1.165, 1.54) is 44.3 Å². The van der Waals surface area contributed by atoms with E-state index in [4.69, 9.17) is 0 Å². The van der Waals surface area contributed by atoms with Gasteiger partial charge in [0.1, 0.15) is 11.6 Å². The average molecular weight is 280 g/mol. The monoisotopic (exact) mass is 280 g/mol. The van der Waals surface area contributed by atoms with Crippen molar-refractivity contribution in [1.29, 1.82) is 0 Å². The summed E-state index contributed by atoms with van der Waals surface area (Å²) < 4.78 is 2.79. The van der Waals surface area contributed by atoms with Crippen LogP contribution in [0.25, 0.3) is 0 Å². The largest absolute Gasteiger partial charge is 0.314 e. The maximum Gasteiger partial charge on any atom is 0.147 e. The van der Waals surface area contributed by atoms with E-state index in [1.54, 1.807) is 0 Å². The first-order valence-corrected chi connectivity index (χ1v) is 8.72. The fourth-order valence-corrected chi connectivity index (χ4v) is 4.32. The van der Waals surface area contributed by atoms with Gasteiger partial charge in [0.25, 0.3) is 0 Å². The summed E-state index contributed by atoms with van der Waals surface area (Å²) in [7, 11) is 0. The molecule has 106 valence electrons. The van der Waals surface area contributed by atoms with Gasteiger partial charge in [0, 0.05) is 24.3 Å². The normalized spacial score (nSPS) is 21.5. The highest BCUT2D eigenvalue weighted by Gasteiger charge is 2.32. The van der Waals surface area contributed by atoms with Crippen LogP contribution in [0, 0.1) is 0 Å². The Balaban J connectivity index is 1.56. The minimum absolute atomic E-state index is 0.477. The molecule has 1 aliphatic heterocycles. The van der Waals surface area contributed by atoms with E-state index in [9.17, 15) is 0 Å². The Bertz CT molecular complexity index is 423. The molecule has 1 aliphatic carbocycles. The van der Waals surface area contributed by atoms with Crippen LogP contribution >= 0.6 is 11.8 Å². The predicted octanol–water partition coefficient (Wildman–Crippen LogP) is 2.38. The van der Waals surface area contributed by atoms with E-state index in [2.05, 4.69) is 26.3 Å². The van der Waals surface area contributed by atoms with Gasteiger partial charge in [-0.2, -0.15) is 11.8 Å². The third kappa shape index (κ3) is 2.82. The Morgan fingerprint density at radius 3 is 2.84 bits per heavy atom. The predicted molar refractivity (Wildman–Crippen MR) is 79.4 cm³/mol. The Morgan fingerprint density at radius 2 is 2.05 bits per heavy atom. The van der Waals surface area contributed by atoms with Gasteiger partial charge in [-0.3, -0.25) is 0 Å². The fraction of sp³-hybridized carbons (Fsp3) is 0.857. The number of nitrogens with zero attached hydrogens (tertiary/aromatic N) is 3. The maximum atomic E-state index is 4.35. The number of nitrogens with one attached hydrogen (secondary N) is 1. The molecule has 0 radical (unpaired) electrons. The molecular formula is C14H24N4S. The molecule has 0 saturated heterocycles. The van der Waals surface area contributed by atoms with Crippen LogP contribution in [0.3, 0.4) is 0 Å². The van der Waals surface area contributed by atoms with Crippen LogP contribution in [0.15, 0.2) is 0 Å². The number of fused-ring (bicyclic) bond motifs is 1. The standard InChI is InChI=1S/C14H24N4S/c1-19-14(7-3-4-8-14)11-15-10-13-17-16-12-6-2-5-9-18(12)13/h15H,2-11H2,1H3. The molecule has 1 aromatic rings. The molecule has 0 bridgehead atoms. The zero-order valence-corrected chi connectivity index (χ0v) is 12.6. The molecule has 5 heteroatoms. The van der Waals surface area contributed by atoms with Gasteiger partial charge in [-0.05, 0) is 31.9 Å². The lowest BCUT2D eigenvalue weighted by atomic mass is 10.1. The maximum absolute atomic E-state index is 4.35. The van der Waals surface area contributed by atoms with Gasteiger partial charge in [0.2, 0.25) is 0 Å². The molecule has 1 aromatic heterocycles. The van der Waals surface area contributed by atoms with Gasteiger partial charge in [0.15, 0.2) is 0 Å². The van der Waals surface area contributed by atoms with Crippen molar-refractivity contribution in [3.63, 3.8) is 0 Å². The van der Waals surface area contributed by atoms with Crippen molar-refractivity contribution >= 4 is 11.8 Å². The van der Waals surface area contributed by atoms with E-state index in [1.807, 2.05) is 11.8 Å². The molecule has 0 amide bonds. The number of rotatable bonds is 5. The van der Waals surface area contributed by atoms with Gasteiger partial charge < -0.3 is 9.88 Å². The summed E-state index contributed by atoms with van der Waals surface area (Å²) in [5.41, 5.74) is 0. The van der Waals surface area contributed by atoms with Gasteiger partial charge in [-0.15, -0.1) is 10.2 Å². The Labute approximate surface area is 119 Å². The van der Waals surface area contributed by atoms with E-state index < -0.39 is 0 Å². The Morgan fingerprint density at radius 1 is 1.21 bits per heavy atom. The van der Waals surface area contributed by atoms with Gasteiger partial charge in [-0.25, -0.2) is 0 Å².